The molecular formula is C30H35ClN2O2. The van der Waals surface area contributed by atoms with E-state index < -0.39 is 5.41 Å². The Kier molecular flexibility index (Phi) is 8.48. The molecule has 35 heavy (non-hydrogen) atoms. The molecular weight excluding hydrogens is 456 g/mol. The monoisotopic (exact) mass is 490 g/mol. The molecule has 1 aliphatic heterocycles. The van der Waals surface area contributed by atoms with Crippen LogP contribution in [0.25, 0.3) is 11.1 Å². The fraction of sp³-hybridized carbons (Fsp3) is 0.367. The predicted molar refractivity (Wildman–Crippen MR) is 145 cm³/mol. The zero-order valence-electron chi connectivity index (χ0n) is 20.8. The smallest absolute Gasteiger partial charge is 0.316 e. The Hall–Kier alpha value is -2.82. The topological polar surface area (TPSA) is 32.8 Å². The number of benzene rings is 3. The van der Waals surface area contributed by atoms with E-state index >= 15 is 0 Å². The van der Waals surface area contributed by atoms with Crippen molar-refractivity contribution < 1.29 is 9.53 Å². The number of ether oxygens (including phenoxy) is 1. The van der Waals surface area contributed by atoms with Crippen LogP contribution in [0.5, 0.6) is 0 Å². The van der Waals surface area contributed by atoms with Crippen molar-refractivity contribution in [2.75, 3.05) is 44.7 Å². The molecule has 184 valence electrons. The molecule has 0 N–H and O–H groups in total. The first-order valence-electron chi connectivity index (χ1n) is 12.5. The Morgan fingerprint density at radius 1 is 0.943 bits per heavy atom. The summed E-state index contributed by atoms with van der Waals surface area (Å²) in [6.07, 6.45) is 2.49. The first-order chi connectivity index (χ1) is 17.1. The molecule has 5 heteroatoms. The van der Waals surface area contributed by atoms with E-state index in [1.54, 1.807) is 0 Å². The van der Waals surface area contributed by atoms with Gasteiger partial charge in [-0.25, -0.2) is 0 Å². The molecule has 0 saturated carbocycles. The summed E-state index contributed by atoms with van der Waals surface area (Å²) in [6.45, 7) is 7.07. The Morgan fingerprint density at radius 3 is 2.34 bits per heavy atom. The van der Waals surface area contributed by atoms with Gasteiger partial charge in [0.15, 0.2) is 0 Å². The van der Waals surface area contributed by atoms with Gasteiger partial charge in [-0.05, 0) is 55.1 Å². The molecule has 1 atom stereocenters. The highest BCUT2D eigenvalue weighted by Crippen LogP contribution is 2.35. The Morgan fingerprint density at radius 2 is 1.66 bits per heavy atom. The molecule has 3 aromatic carbocycles. The number of esters is 1. The Bertz CT molecular complexity index is 1110. The van der Waals surface area contributed by atoms with Crippen molar-refractivity contribution in [2.45, 2.75) is 31.6 Å². The van der Waals surface area contributed by atoms with Crippen molar-refractivity contribution in [3.63, 3.8) is 0 Å². The van der Waals surface area contributed by atoms with Gasteiger partial charge in [0, 0.05) is 42.5 Å². The summed E-state index contributed by atoms with van der Waals surface area (Å²) in [5, 5.41) is 0.778. The lowest BCUT2D eigenvalue weighted by Gasteiger charge is -2.37. The normalized spacial score (nSPS) is 16.0. The van der Waals surface area contributed by atoms with Crippen LogP contribution in [-0.2, 0) is 14.9 Å². The number of hydrogen-bond acceptors (Lipinski definition) is 4. The average molecular weight is 491 g/mol. The quantitative estimate of drug-likeness (QED) is 0.323. The number of carbonyl (C=O) groups excluding carboxylic acids is 1. The summed E-state index contributed by atoms with van der Waals surface area (Å²) >= 11 is 6.43. The molecule has 4 nitrogen and oxygen atoms in total. The van der Waals surface area contributed by atoms with Crippen LogP contribution in [0.3, 0.4) is 0 Å². The second kappa shape index (κ2) is 11.7. The van der Waals surface area contributed by atoms with Crippen LogP contribution < -0.4 is 4.90 Å². The van der Waals surface area contributed by atoms with E-state index in [1.807, 2.05) is 36.4 Å². The van der Waals surface area contributed by atoms with Gasteiger partial charge >= 0.3 is 5.97 Å². The Labute approximate surface area is 214 Å². The lowest BCUT2D eigenvalue weighted by Crippen LogP contribution is -2.47. The minimum Gasteiger partial charge on any atom is -0.468 e. The van der Waals surface area contributed by atoms with E-state index in [1.165, 1.54) is 12.8 Å². The zero-order valence-corrected chi connectivity index (χ0v) is 21.5. The van der Waals surface area contributed by atoms with Gasteiger partial charge in [-0.2, -0.15) is 0 Å². The molecule has 0 bridgehead atoms. The summed E-state index contributed by atoms with van der Waals surface area (Å²) in [7, 11) is 1.50. The van der Waals surface area contributed by atoms with E-state index in [4.69, 9.17) is 16.3 Å². The molecule has 1 heterocycles. The molecule has 1 unspecified atom stereocenters. The van der Waals surface area contributed by atoms with Gasteiger partial charge in [-0.3, -0.25) is 9.69 Å². The van der Waals surface area contributed by atoms with Crippen molar-refractivity contribution in [1.29, 1.82) is 0 Å². The van der Waals surface area contributed by atoms with Crippen LogP contribution in [0.4, 0.5) is 5.69 Å². The number of halogens is 1. The van der Waals surface area contributed by atoms with E-state index in [9.17, 15) is 4.79 Å². The summed E-state index contributed by atoms with van der Waals surface area (Å²) in [6, 6.07) is 26.7. The predicted octanol–water partition coefficient (Wildman–Crippen LogP) is 6.43. The second-order valence-corrected chi connectivity index (χ2v) is 9.66. The van der Waals surface area contributed by atoms with Crippen LogP contribution in [0.15, 0.2) is 78.9 Å². The average Bonchev–Trinajstić information content (AvgIpc) is 2.92. The second-order valence-electron chi connectivity index (χ2n) is 9.26. The summed E-state index contributed by atoms with van der Waals surface area (Å²) in [5.41, 5.74) is 3.93. The first kappa shape index (κ1) is 25.3. The largest absolute Gasteiger partial charge is 0.468 e. The van der Waals surface area contributed by atoms with Crippen LogP contribution in [0, 0.1) is 0 Å². The molecule has 4 rings (SSSR count). The highest BCUT2D eigenvalue weighted by molar-refractivity contribution is 6.33. The standard InChI is InChI=1S/C30H35ClN2O2/c1-3-30(29(34)35-2,25-12-5-4-6-13-25)17-10-18-32-19-21-33(22-20-32)26-14-9-11-24(23-26)27-15-7-8-16-28(27)31/h4-9,11-16,23H,3,10,17-22H2,1-2H3. The van der Waals surface area contributed by atoms with Crippen molar-refractivity contribution in [3.8, 4) is 11.1 Å². The van der Waals surface area contributed by atoms with Gasteiger partial charge < -0.3 is 9.64 Å². The van der Waals surface area contributed by atoms with Crippen molar-refractivity contribution in [1.82, 2.24) is 4.90 Å². The molecule has 0 radical (unpaired) electrons. The molecule has 1 saturated heterocycles. The summed E-state index contributed by atoms with van der Waals surface area (Å²) in [5.74, 6) is -0.130. The van der Waals surface area contributed by atoms with Crippen LogP contribution in [0.2, 0.25) is 5.02 Å². The minimum atomic E-state index is -0.572. The first-order valence-corrected chi connectivity index (χ1v) is 12.9. The van der Waals surface area contributed by atoms with Gasteiger partial charge in [0.25, 0.3) is 0 Å². The van der Waals surface area contributed by atoms with Crippen LogP contribution in [0.1, 0.15) is 31.7 Å². The third kappa shape index (κ3) is 5.71. The van der Waals surface area contributed by atoms with Gasteiger partial charge in [0.1, 0.15) is 0 Å². The Balaban J connectivity index is 1.35. The summed E-state index contributed by atoms with van der Waals surface area (Å²) < 4.78 is 5.25. The minimum absolute atomic E-state index is 0.130. The number of nitrogens with zero attached hydrogens (tertiary/aromatic N) is 2. The van der Waals surface area contributed by atoms with Crippen LogP contribution in [-0.4, -0.2) is 50.7 Å². The van der Waals surface area contributed by atoms with E-state index in [0.29, 0.717) is 0 Å². The maximum Gasteiger partial charge on any atom is 0.316 e. The highest BCUT2D eigenvalue weighted by atomic mass is 35.5. The number of carbonyl (C=O) groups is 1. The van der Waals surface area contributed by atoms with E-state index in [2.05, 4.69) is 59.2 Å². The van der Waals surface area contributed by atoms with Crippen molar-refractivity contribution >= 4 is 23.3 Å². The fourth-order valence-corrected chi connectivity index (χ4v) is 5.49. The molecule has 3 aromatic rings. The van der Waals surface area contributed by atoms with Gasteiger partial charge in [-0.15, -0.1) is 0 Å². The van der Waals surface area contributed by atoms with Crippen molar-refractivity contribution in [3.05, 3.63) is 89.4 Å². The maximum atomic E-state index is 12.8. The summed E-state index contributed by atoms with van der Waals surface area (Å²) in [4.78, 5) is 17.8. The third-order valence-electron chi connectivity index (χ3n) is 7.35. The van der Waals surface area contributed by atoms with Gasteiger partial charge in [-0.1, -0.05) is 79.2 Å². The molecule has 1 aliphatic rings. The molecule has 1 fully saturated rings. The molecule has 0 aliphatic carbocycles. The SMILES string of the molecule is CCC(CCCN1CCN(c2cccc(-c3ccccc3Cl)c2)CC1)(C(=O)OC)c1ccccc1. The molecule has 0 amide bonds. The number of piperazine rings is 1. The highest BCUT2D eigenvalue weighted by Gasteiger charge is 2.39. The van der Waals surface area contributed by atoms with Crippen LogP contribution >= 0.6 is 11.6 Å². The lowest BCUT2D eigenvalue weighted by molar-refractivity contribution is -0.148. The van der Waals surface area contributed by atoms with E-state index in [0.717, 1.165) is 73.7 Å². The number of rotatable bonds is 9. The van der Waals surface area contributed by atoms with Crippen molar-refractivity contribution in [2.24, 2.45) is 0 Å². The number of methoxy groups -OCH3 is 1. The third-order valence-corrected chi connectivity index (χ3v) is 7.68. The maximum absolute atomic E-state index is 12.8. The van der Waals surface area contributed by atoms with E-state index in [-0.39, 0.29) is 5.97 Å². The van der Waals surface area contributed by atoms with Gasteiger partial charge in [0.05, 0.1) is 12.5 Å². The molecule has 0 spiro atoms. The number of anilines is 1. The van der Waals surface area contributed by atoms with Gasteiger partial charge in [0.2, 0.25) is 0 Å². The lowest BCUT2D eigenvalue weighted by atomic mass is 9.74. The number of hydrogen-bond donors (Lipinski definition) is 0. The zero-order chi connectivity index (χ0) is 24.7. The fourth-order valence-electron chi connectivity index (χ4n) is 5.24. The molecule has 0 aromatic heterocycles.